The van der Waals surface area contributed by atoms with Crippen molar-refractivity contribution in [3.05, 3.63) is 99.4 Å². The number of carbonyl (C=O) groups is 1. The van der Waals surface area contributed by atoms with E-state index in [2.05, 4.69) is 15.3 Å². The summed E-state index contributed by atoms with van der Waals surface area (Å²) < 4.78 is 5.82. The molecule has 6 nitrogen and oxygen atoms in total. The number of hydrogen-bond acceptors (Lipinski definition) is 5. The molecule has 4 rings (SSSR count). The predicted octanol–water partition coefficient (Wildman–Crippen LogP) is 3.89. The second-order valence-corrected chi connectivity index (χ2v) is 7.68. The Bertz CT molecular complexity index is 1250. The van der Waals surface area contributed by atoms with Crippen molar-refractivity contribution in [2.24, 2.45) is 0 Å². The van der Waals surface area contributed by atoms with Gasteiger partial charge < -0.3 is 15.0 Å². The summed E-state index contributed by atoms with van der Waals surface area (Å²) in [6.45, 7) is 0.825. The maximum Gasteiger partial charge on any atom is 0.259 e. The normalized spacial score (nSPS) is 11.1. The summed E-state index contributed by atoms with van der Waals surface area (Å²) in [5.74, 6) is 0.523. The Balaban J connectivity index is 1.33. The third-order valence-electron chi connectivity index (χ3n) is 4.36. The number of H-pyrrole nitrogens is 1. The number of aromatic nitrogens is 2. The molecule has 2 heterocycles. The van der Waals surface area contributed by atoms with Crippen LogP contribution in [0.1, 0.15) is 16.0 Å². The summed E-state index contributed by atoms with van der Waals surface area (Å²) in [6.07, 6.45) is 4.60. The third-order valence-corrected chi connectivity index (χ3v) is 5.40. The van der Waals surface area contributed by atoms with E-state index in [1.165, 1.54) is 23.7 Å². The Hall–Kier alpha value is -3.71. The Morgan fingerprint density at radius 1 is 1.13 bits per heavy atom. The van der Waals surface area contributed by atoms with Crippen molar-refractivity contribution >= 4 is 33.5 Å². The monoisotopic (exact) mass is 417 g/mol. The molecule has 0 unspecified atom stereocenters. The van der Waals surface area contributed by atoms with Crippen LogP contribution in [0.3, 0.4) is 0 Å². The van der Waals surface area contributed by atoms with Crippen molar-refractivity contribution in [1.82, 2.24) is 15.3 Å². The lowest BCUT2D eigenvalue weighted by atomic mass is 10.2. The van der Waals surface area contributed by atoms with Gasteiger partial charge in [0, 0.05) is 11.0 Å². The fourth-order valence-electron chi connectivity index (χ4n) is 2.86. The average Bonchev–Trinajstić information content (AvgIpc) is 3.20. The summed E-state index contributed by atoms with van der Waals surface area (Å²) >= 11 is 1.39. The summed E-state index contributed by atoms with van der Waals surface area (Å²) in [5.41, 5.74) is 1.78. The van der Waals surface area contributed by atoms with Crippen LogP contribution in [-0.2, 0) is 17.9 Å². The van der Waals surface area contributed by atoms with Gasteiger partial charge in [0.25, 0.3) is 5.56 Å². The number of fused-ring (bicyclic) bond motifs is 1. The van der Waals surface area contributed by atoms with E-state index in [1.807, 2.05) is 54.6 Å². The highest BCUT2D eigenvalue weighted by Gasteiger charge is 2.06. The van der Waals surface area contributed by atoms with Gasteiger partial charge in [-0.3, -0.25) is 9.59 Å². The van der Waals surface area contributed by atoms with Crippen LogP contribution in [0.4, 0.5) is 0 Å². The quantitative estimate of drug-likeness (QED) is 0.447. The molecular formula is C23H19N3O3S. The summed E-state index contributed by atoms with van der Waals surface area (Å²) in [7, 11) is 0. The molecule has 0 radical (unpaired) electrons. The molecule has 2 aromatic heterocycles. The van der Waals surface area contributed by atoms with E-state index in [0.29, 0.717) is 23.4 Å². The van der Waals surface area contributed by atoms with Crippen LogP contribution in [0, 0.1) is 0 Å². The third kappa shape index (κ3) is 5.01. The fourth-order valence-corrected chi connectivity index (χ4v) is 3.79. The van der Waals surface area contributed by atoms with Gasteiger partial charge in [0.1, 0.15) is 17.2 Å². The second kappa shape index (κ2) is 9.19. The van der Waals surface area contributed by atoms with Crippen LogP contribution in [0.5, 0.6) is 5.75 Å². The standard InChI is InChI=1S/C23H19N3O3S/c27-21(24-13-19-12-20-22(28)25-15-26-23(20)30-19)10-9-16-7-4-8-18(11-16)29-14-17-5-2-1-3-6-17/h1-12,15H,13-14H2,(H,24,27)(H,25,26,28)/b10-9+. The van der Waals surface area contributed by atoms with Crippen LogP contribution in [-0.4, -0.2) is 15.9 Å². The highest BCUT2D eigenvalue weighted by molar-refractivity contribution is 7.18. The lowest BCUT2D eigenvalue weighted by molar-refractivity contribution is -0.116. The van der Waals surface area contributed by atoms with E-state index < -0.39 is 0 Å². The molecule has 2 aromatic carbocycles. The maximum atomic E-state index is 12.2. The van der Waals surface area contributed by atoms with Gasteiger partial charge in [-0.15, -0.1) is 11.3 Å². The minimum atomic E-state index is -0.218. The largest absolute Gasteiger partial charge is 0.489 e. The molecule has 0 fully saturated rings. The van der Waals surface area contributed by atoms with Gasteiger partial charge in [-0.05, 0) is 35.4 Å². The zero-order chi connectivity index (χ0) is 20.8. The molecule has 4 aromatic rings. The van der Waals surface area contributed by atoms with Gasteiger partial charge in [-0.1, -0.05) is 42.5 Å². The van der Waals surface area contributed by atoms with Crippen molar-refractivity contribution < 1.29 is 9.53 Å². The first-order valence-corrected chi connectivity index (χ1v) is 10.2. The number of hydrogen-bond donors (Lipinski definition) is 2. The van der Waals surface area contributed by atoms with Crippen molar-refractivity contribution in [2.45, 2.75) is 13.2 Å². The minimum Gasteiger partial charge on any atom is -0.489 e. The van der Waals surface area contributed by atoms with Gasteiger partial charge in [0.15, 0.2) is 0 Å². The number of aromatic amines is 1. The van der Waals surface area contributed by atoms with Crippen LogP contribution in [0.25, 0.3) is 16.3 Å². The Kier molecular flexibility index (Phi) is 6.01. The van der Waals surface area contributed by atoms with Crippen molar-refractivity contribution in [3.8, 4) is 5.75 Å². The van der Waals surface area contributed by atoms with E-state index in [0.717, 1.165) is 21.8 Å². The Morgan fingerprint density at radius 2 is 2.00 bits per heavy atom. The van der Waals surface area contributed by atoms with Crippen LogP contribution < -0.4 is 15.6 Å². The van der Waals surface area contributed by atoms with E-state index in [4.69, 9.17) is 4.74 Å². The lowest BCUT2D eigenvalue weighted by Crippen LogP contribution is -2.19. The predicted molar refractivity (Wildman–Crippen MR) is 118 cm³/mol. The molecular weight excluding hydrogens is 398 g/mol. The van der Waals surface area contributed by atoms with E-state index in [-0.39, 0.29) is 11.5 Å². The smallest absolute Gasteiger partial charge is 0.259 e. The van der Waals surface area contributed by atoms with Crippen LogP contribution in [0.15, 0.2) is 77.9 Å². The number of nitrogens with one attached hydrogen (secondary N) is 2. The summed E-state index contributed by atoms with van der Waals surface area (Å²) in [4.78, 5) is 32.1. The van der Waals surface area contributed by atoms with Gasteiger partial charge in [-0.2, -0.15) is 0 Å². The number of carbonyl (C=O) groups excluding carboxylic acids is 1. The summed E-state index contributed by atoms with van der Waals surface area (Å²) in [5, 5.41) is 3.36. The van der Waals surface area contributed by atoms with Gasteiger partial charge in [-0.25, -0.2) is 4.98 Å². The summed E-state index contributed by atoms with van der Waals surface area (Å²) in [6, 6.07) is 19.3. The van der Waals surface area contributed by atoms with Crippen molar-refractivity contribution in [1.29, 1.82) is 0 Å². The van der Waals surface area contributed by atoms with Crippen LogP contribution >= 0.6 is 11.3 Å². The van der Waals surface area contributed by atoms with E-state index in [1.54, 1.807) is 12.1 Å². The molecule has 0 atom stereocenters. The molecule has 0 aliphatic heterocycles. The highest BCUT2D eigenvalue weighted by atomic mass is 32.1. The van der Waals surface area contributed by atoms with Gasteiger partial charge in [0.2, 0.25) is 5.91 Å². The first-order chi connectivity index (χ1) is 14.7. The second-order valence-electron chi connectivity index (χ2n) is 6.56. The molecule has 1 amide bonds. The SMILES string of the molecule is O=C(/C=C/c1cccc(OCc2ccccc2)c1)NCc1cc2c(=O)[nH]cnc2s1. The first kappa shape index (κ1) is 19.6. The molecule has 2 N–H and O–H groups in total. The molecule has 7 heteroatoms. The Morgan fingerprint density at radius 3 is 2.83 bits per heavy atom. The van der Waals surface area contributed by atoms with E-state index in [9.17, 15) is 9.59 Å². The first-order valence-electron chi connectivity index (χ1n) is 9.36. The maximum absolute atomic E-state index is 12.2. The number of amides is 1. The van der Waals surface area contributed by atoms with Crippen molar-refractivity contribution in [2.75, 3.05) is 0 Å². The molecule has 0 bridgehead atoms. The molecule has 0 saturated heterocycles. The van der Waals surface area contributed by atoms with Gasteiger partial charge >= 0.3 is 0 Å². The van der Waals surface area contributed by atoms with Crippen molar-refractivity contribution in [3.63, 3.8) is 0 Å². The minimum absolute atomic E-state index is 0.178. The number of nitrogens with zero attached hydrogens (tertiary/aromatic N) is 1. The number of ether oxygens (including phenoxy) is 1. The number of thiophene rings is 1. The zero-order valence-corrected chi connectivity index (χ0v) is 16.8. The molecule has 0 saturated carbocycles. The average molecular weight is 417 g/mol. The topological polar surface area (TPSA) is 84.1 Å². The van der Waals surface area contributed by atoms with E-state index >= 15 is 0 Å². The molecule has 150 valence electrons. The molecule has 0 aliphatic carbocycles. The number of benzene rings is 2. The molecule has 0 spiro atoms. The van der Waals surface area contributed by atoms with Crippen LogP contribution in [0.2, 0.25) is 0 Å². The zero-order valence-electron chi connectivity index (χ0n) is 16.0. The van der Waals surface area contributed by atoms with Gasteiger partial charge in [0.05, 0.1) is 18.3 Å². The molecule has 30 heavy (non-hydrogen) atoms. The highest BCUT2D eigenvalue weighted by Crippen LogP contribution is 2.20. The lowest BCUT2D eigenvalue weighted by Gasteiger charge is -2.07. The number of rotatable bonds is 7. The molecule has 0 aliphatic rings. The Labute approximate surface area is 176 Å². The fraction of sp³-hybridized carbons (Fsp3) is 0.0870.